The lowest BCUT2D eigenvalue weighted by Crippen LogP contribution is -2.30. The summed E-state index contributed by atoms with van der Waals surface area (Å²) in [6.45, 7) is 5.28. The van der Waals surface area contributed by atoms with Crippen LogP contribution in [0.1, 0.15) is 90.9 Å². The fraction of sp³-hybridized carbons (Fsp3) is 0.950. The van der Waals surface area contributed by atoms with Crippen LogP contribution in [0.25, 0.3) is 0 Å². The lowest BCUT2D eigenvalue weighted by Gasteiger charge is -2.18. The normalized spacial score (nSPS) is 26.9. The van der Waals surface area contributed by atoms with E-state index < -0.39 is 5.60 Å². The van der Waals surface area contributed by atoms with Gasteiger partial charge in [-0.1, -0.05) is 45.4 Å². The largest absolute Gasteiger partial charge is 0.460 e. The molecular formula is C20H36O4. The molecule has 1 saturated carbocycles. The van der Waals surface area contributed by atoms with Gasteiger partial charge in [0, 0.05) is 6.61 Å². The number of carbonyl (C=O) groups excluding carboxylic acids is 1. The highest BCUT2D eigenvalue weighted by Crippen LogP contribution is 2.34. The molecule has 0 aromatic carbocycles. The van der Waals surface area contributed by atoms with Crippen LogP contribution in [0.2, 0.25) is 0 Å². The van der Waals surface area contributed by atoms with Crippen molar-refractivity contribution >= 4 is 5.97 Å². The fourth-order valence-corrected chi connectivity index (χ4v) is 3.35. The first-order chi connectivity index (χ1) is 11.7. The van der Waals surface area contributed by atoms with Crippen molar-refractivity contribution < 1.29 is 19.0 Å². The van der Waals surface area contributed by atoms with Crippen molar-refractivity contribution in [3.05, 3.63) is 0 Å². The second kappa shape index (κ2) is 10.4. The van der Waals surface area contributed by atoms with Gasteiger partial charge in [0.15, 0.2) is 5.60 Å². The van der Waals surface area contributed by atoms with Crippen LogP contribution in [0, 0.1) is 0 Å². The number of esters is 1. The molecule has 24 heavy (non-hydrogen) atoms. The van der Waals surface area contributed by atoms with Crippen LogP contribution >= 0.6 is 0 Å². The Kier molecular flexibility index (Phi) is 8.54. The van der Waals surface area contributed by atoms with Gasteiger partial charge in [0.05, 0.1) is 18.8 Å². The van der Waals surface area contributed by atoms with Crippen LogP contribution in [-0.2, 0) is 19.0 Å². The molecule has 2 unspecified atom stereocenters. The summed E-state index contributed by atoms with van der Waals surface area (Å²) >= 11 is 0. The maximum atomic E-state index is 12.1. The van der Waals surface area contributed by atoms with Gasteiger partial charge in [-0.15, -0.1) is 0 Å². The van der Waals surface area contributed by atoms with Crippen LogP contribution in [0.5, 0.6) is 0 Å². The maximum Gasteiger partial charge on any atom is 0.341 e. The highest BCUT2D eigenvalue weighted by molar-refractivity contribution is 5.82. The Morgan fingerprint density at radius 1 is 1.12 bits per heavy atom. The van der Waals surface area contributed by atoms with E-state index in [2.05, 4.69) is 0 Å². The summed E-state index contributed by atoms with van der Waals surface area (Å²) in [6.07, 6.45) is 14.5. The van der Waals surface area contributed by atoms with Crippen molar-refractivity contribution in [2.24, 2.45) is 0 Å². The van der Waals surface area contributed by atoms with Crippen molar-refractivity contribution in [1.29, 1.82) is 0 Å². The topological polar surface area (TPSA) is 48.1 Å². The van der Waals surface area contributed by atoms with Gasteiger partial charge < -0.3 is 14.2 Å². The molecule has 0 spiro atoms. The monoisotopic (exact) mass is 340 g/mol. The zero-order chi connectivity index (χ0) is 17.3. The fourth-order valence-electron chi connectivity index (χ4n) is 3.35. The van der Waals surface area contributed by atoms with Crippen molar-refractivity contribution in [3.8, 4) is 0 Å². The number of ether oxygens (including phenoxy) is 3. The van der Waals surface area contributed by atoms with Gasteiger partial charge in [-0.25, -0.2) is 4.79 Å². The SMILES string of the molecule is CCC(C)OC(=O)C1(CCCCOC2CCCCCCCC2)CO1. The zero-order valence-electron chi connectivity index (χ0n) is 15.7. The van der Waals surface area contributed by atoms with Gasteiger partial charge in [-0.2, -0.15) is 0 Å². The number of rotatable bonds is 9. The molecule has 2 atom stereocenters. The van der Waals surface area contributed by atoms with E-state index in [-0.39, 0.29) is 12.1 Å². The average Bonchev–Trinajstić information content (AvgIpc) is 3.34. The second-order valence-electron chi connectivity index (χ2n) is 7.56. The summed E-state index contributed by atoms with van der Waals surface area (Å²) in [6, 6.07) is 0. The molecule has 4 heteroatoms. The van der Waals surface area contributed by atoms with Gasteiger partial charge >= 0.3 is 5.97 Å². The lowest BCUT2D eigenvalue weighted by molar-refractivity contribution is -0.155. The molecule has 1 heterocycles. The molecular weight excluding hydrogens is 304 g/mol. The molecule has 1 aliphatic heterocycles. The number of unbranched alkanes of at least 4 members (excludes halogenated alkanes) is 1. The number of carbonyl (C=O) groups is 1. The molecule has 0 amide bonds. The smallest absolute Gasteiger partial charge is 0.341 e. The quantitative estimate of drug-likeness (QED) is 0.344. The van der Waals surface area contributed by atoms with E-state index in [0.29, 0.717) is 12.7 Å². The number of epoxide rings is 1. The van der Waals surface area contributed by atoms with Gasteiger partial charge in [0.25, 0.3) is 0 Å². The zero-order valence-corrected chi connectivity index (χ0v) is 15.7. The average molecular weight is 341 g/mol. The predicted octanol–water partition coefficient (Wildman–Crippen LogP) is 4.79. The first-order valence-electron chi connectivity index (χ1n) is 10.1. The third kappa shape index (κ3) is 6.72. The molecule has 0 aromatic heterocycles. The molecule has 1 aliphatic carbocycles. The first kappa shape index (κ1) is 19.7. The summed E-state index contributed by atoms with van der Waals surface area (Å²) in [4.78, 5) is 12.1. The molecule has 0 aromatic rings. The van der Waals surface area contributed by atoms with Crippen molar-refractivity contribution in [2.45, 2.75) is 109 Å². The third-order valence-electron chi connectivity index (χ3n) is 5.38. The molecule has 0 bridgehead atoms. The van der Waals surface area contributed by atoms with Crippen LogP contribution in [-0.4, -0.2) is 37.0 Å². The van der Waals surface area contributed by atoms with Crippen molar-refractivity contribution in [2.75, 3.05) is 13.2 Å². The van der Waals surface area contributed by atoms with E-state index in [1.54, 1.807) is 0 Å². The molecule has 4 nitrogen and oxygen atoms in total. The van der Waals surface area contributed by atoms with E-state index in [4.69, 9.17) is 14.2 Å². The maximum absolute atomic E-state index is 12.1. The van der Waals surface area contributed by atoms with Gasteiger partial charge in [0.2, 0.25) is 0 Å². The van der Waals surface area contributed by atoms with E-state index >= 15 is 0 Å². The Balaban J connectivity index is 1.58. The van der Waals surface area contributed by atoms with Gasteiger partial charge in [-0.05, 0) is 45.4 Å². The summed E-state index contributed by atoms with van der Waals surface area (Å²) < 4.78 is 16.9. The highest BCUT2D eigenvalue weighted by Gasteiger charge is 2.53. The molecule has 140 valence electrons. The van der Waals surface area contributed by atoms with Crippen LogP contribution in [0.15, 0.2) is 0 Å². The van der Waals surface area contributed by atoms with Gasteiger partial charge in [-0.3, -0.25) is 0 Å². The molecule has 0 radical (unpaired) electrons. The number of hydrogen-bond acceptors (Lipinski definition) is 4. The molecule has 2 fully saturated rings. The minimum Gasteiger partial charge on any atom is -0.460 e. The van der Waals surface area contributed by atoms with Crippen LogP contribution in [0.4, 0.5) is 0 Å². The van der Waals surface area contributed by atoms with Crippen molar-refractivity contribution in [1.82, 2.24) is 0 Å². The highest BCUT2D eigenvalue weighted by atomic mass is 16.6. The Hall–Kier alpha value is -0.610. The summed E-state index contributed by atoms with van der Waals surface area (Å²) in [5.41, 5.74) is -0.637. The molecule has 1 saturated heterocycles. The second-order valence-corrected chi connectivity index (χ2v) is 7.56. The minimum atomic E-state index is -0.637. The molecule has 2 rings (SSSR count). The van der Waals surface area contributed by atoms with E-state index in [1.165, 1.54) is 51.4 Å². The Labute approximate surface area is 147 Å². The summed E-state index contributed by atoms with van der Waals surface area (Å²) in [5, 5.41) is 0. The van der Waals surface area contributed by atoms with Crippen molar-refractivity contribution in [3.63, 3.8) is 0 Å². The minimum absolute atomic E-state index is 0.0229. The summed E-state index contributed by atoms with van der Waals surface area (Å²) in [7, 11) is 0. The summed E-state index contributed by atoms with van der Waals surface area (Å²) in [5.74, 6) is -0.172. The van der Waals surface area contributed by atoms with Gasteiger partial charge in [0.1, 0.15) is 0 Å². The first-order valence-corrected chi connectivity index (χ1v) is 10.1. The Morgan fingerprint density at radius 2 is 1.75 bits per heavy atom. The lowest BCUT2D eigenvalue weighted by atomic mass is 10.0. The van der Waals surface area contributed by atoms with Crippen LogP contribution in [0.3, 0.4) is 0 Å². The van der Waals surface area contributed by atoms with E-state index in [0.717, 1.165) is 32.3 Å². The third-order valence-corrected chi connectivity index (χ3v) is 5.38. The van der Waals surface area contributed by atoms with E-state index in [9.17, 15) is 4.79 Å². The number of hydrogen-bond donors (Lipinski definition) is 0. The van der Waals surface area contributed by atoms with E-state index in [1.807, 2.05) is 13.8 Å². The standard InChI is InChI=1S/C20H36O4/c1-3-17(2)24-19(21)20(16-23-20)14-10-11-15-22-18-12-8-6-4-5-7-9-13-18/h17-18H,3-16H2,1-2H3. The Morgan fingerprint density at radius 3 is 2.33 bits per heavy atom. The van der Waals surface area contributed by atoms with Crippen LogP contribution < -0.4 is 0 Å². The Bertz CT molecular complexity index is 355. The molecule has 0 N–H and O–H groups in total. The predicted molar refractivity (Wildman–Crippen MR) is 95.1 cm³/mol. The molecule has 2 aliphatic rings.